The molecule has 0 saturated carbocycles. The summed E-state index contributed by atoms with van der Waals surface area (Å²) in [6, 6.07) is 0. The van der Waals surface area contributed by atoms with Crippen LogP contribution >= 0.6 is 0 Å². The van der Waals surface area contributed by atoms with Gasteiger partial charge < -0.3 is 0 Å². The third-order valence-corrected chi connectivity index (χ3v) is 70.9. The van der Waals surface area contributed by atoms with Crippen LogP contribution in [0.1, 0.15) is 0 Å². The molecule has 10 aliphatic heterocycles. The minimum absolute atomic E-state index is 1.28. The SMILES string of the molecule is [Sn][C]12[CH]3[CH]4[CH]5[CH]1[Fe]45321678[CH]2[CH]1[CH]6[CH]7[CH]28. The summed E-state index contributed by atoms with van der Waals surface area (Å²) >= 11 is 2.09. The first-order chi connectivity index (χ1) is 5.55. The molecule has 0 bridgehead atoms. The van der Waals surface area contributed by atoms with E-state index in [4.69, 9.17) is 0 Å². The van der Waals surface area contributed by atoms with Gasteiger partial charge in [-0.05, 0) is 0 Å². The molecule has 4 atom stereocenters. The van der Waals surface area contributed by atoms with Gasteiger partial charge in [0.15, 0.2) is 0 Å². The first kappa shape index (κ1) is 4.06. The Kier molecular flexibility index (Phi) is 0.0848. The summed E-state index contributed by atoms with van der Waals surface area (Å²) in [7, 11) is 0. The molecule has 4 unspecified atom stereocenters. The summed E-state index contributed by atoms with van der Waals surface area (Å²) < 4.78 is 1.28. The molecule has 0 aliphatic carbocycles. The van der Waals surface area contributed by atoms with Crippen LogP contribution in [0.3, 0.4) is 0 Å². The van der Waals surface area contributed by atoms with Gasteiger partial charge in [-0.1, -0.05) is 0 Å². The molecule has 0 aromatic carbocycles. The predicted octanol–water partition coefficient (Wildman–Crippen LogP) is 2.87. The molecule has 61 valence electrons. The quantitative estimate of drug-likeness (QED) is 0.604. The van der Waals surface area contributed by atoms with Gasteiger partial charge in [0, 0.05) is 0 Å². The van der Waals surface area contributed by atoms with Gasteiger partial charge in [-0.3, -0.25) is 0 Å². The van der Waals surface area contributed by atoms with E-state index < -0.39 is 6.51 Å². The van der Waals surface area contributed by atoms with Crippen molar-refractivity contribution in [2.24, 2.45) is 0 Å². The Hall–Kier alpha value is 1.32. The average Bonchev–Trinajstić information content (AvgIpc) is 2.97. The molecule has 10 heterocycles. The molecule has 12 heavy (non-hydrogen) atoms. The van der Waals surface area contributed by atoms with Crippen molar-refractivity contribution in [2.45, 2.75) is 45.7 Å². The van der Waals surface area contributed by atoms with Crippen molar-refractivity contribution in [1.82, 2.24) is 0 Å². The molecular formula is C10H9FeSn. The summed E-state index contributed by atoms with van der Waals surface area (Å²) in [5.41, 5.74) is 0. The third-order valence-electron chi connectivity index (χ3n) is 14.7. The molecule has 10 rings (SSSR count). The molecule has 0 aromatic heterocycles. The van der Waals surface area contributed by atoms with Crippen LogP contribution in [0.25, 0.3) is 0 Å². The molecule has 0 N–H and O–H groups in total. The van der Waals surface area contributed by atoms with Crippen molar-refractivity contribution in [3.05, 3.63) is 0 Å². The van der Waals surface area contributed by atoms with Crippen LogP contribution in [0.4, 0.5) is 0 Å². The van der Waals surface area contributed by atoms with E-state index in [2.05, 4.69) is 22.5 Å². The first-order valence-electron chi connectivity index (χ1n) is 5.51. The summed E-state index contributed by atoms with van der Waals surface area (Å²) in [5.74, 6) is 0. The Labute approximate surface area is 74.2 Å². The summed E-state index contributed by atoms with van der Waals surface area (Å²) in [5, 5.41) is 0. The Morgan fingerprint density at radius 3 is 1.17 bits per heavy atom. The molecule has 0 nitrogen and oxygen atoms in total. The van der Waals surface area contributed by atoms with Crippen LogP contribution in [0, 0.1) is 0 Å². The maximum absolute atomic E-state index is 2.41. The van der Waals surface area contributed by atoms with Crippen LogP contribution in [-0.2, 0) is 6.51 Å². The van der Waals surface area contributed by atoms with Crippen molar-refractivity contribution in [3.63, 3.8) is 0 Å². The number of fused-ring (bicyclic) bond motifs is 10. The minimum atomic E-state index is -2.41. The fraction of sp³-hybridized carbons (Fsp3) is 1.00. The zero-order valence-electron chi connectivity index (χ0n) is 6.55. The second-order valence-electron chi connectivity index (χ2n) is 9.68. The first-order valence-corrected chi connectivity index (χ1v) is 13.2. The van der Waals surface area contributed by atoms with Gasteiger partial charge in [-0.25, -0.2) is 0 Å². The Balaban J connectivity index is 2.31. The zero-order valence-corrected chi connectivity index (χ0v) is 10.5. The molecule has 0 aromatic rings. The van der Waals surface area contributed by atoms with E-state index in [1.54, 1.807) is 43.3 Å². The van der Waals surface area contributed by atoms with Crippen LogP contribution in [0.15, 0.2) is 0 Å². The fourth-order valence-electron chi connectivity index (χ4n) is 16.1. The van der Waals surface area contributed by atoms with Crippen molar-refractivity contribution < 1.29 is 6.51 Å². The zero-order chi connectivity index (χ0) is 7.01. The molecular weight excluding hydrogens is 295 g/mol. The number of rotatable bonds is 0. The van der Waals surface area contributed by atoms with Crippen LogP contribution in [0.2, 0.25) is 45.7 Å². The van der Waals surface area contributed by atoms with Gasteiger partial charge in [0.25, 0.3) is 0 Å². The normalized spacial score (nSPS) is 164. The van der Waals surface area contributed by atoms with Gasteiger partial charge in [0.05, 0.1) is 0 Å². The second-order valence-corrected chi connectivity index (χ2v) is 37.0. The second kappa shape index (κ2) is 0.251. The van der Waals surface area contributed by atoms with Gasteiger partial charge in [-0.15, -0.1) is 0 Å². The van der Waals surface area contributed by atoms with E-state index in [1.807, 2.05) is 0 Å². The van der Waals surface area contributed by atoms with E-state index in [0.717, 1.165) is 0 Å². The monoisotopic (exact) mass is 305 g/mol. The van der Waals surface area contributed by atoms with Gasteiger partial charge >= 0.3 is 74.7 Å². The Bertz CT molecular complexity index is 755. The van der Waals surface area contributed by atoms with Crippen LogP contribution in [-0.4, -0.2) is 22.5 Å². The fourth-order valence-corrected chi connectivity index (χ4v) is 114. The van der Waals surface area contributed by atoms with Crippen molar-refractivity contribution >= 4 is 22.5 Å². The van der Waals surface area contributed by atoms with Crippen molar-refractivity contribution in [2.75, 3.05) is 0 Å². The van der Waals surface area contributed by atoms with Crippen LogP contribution in [0.5, 0.6) is 0 Å². The van der Waals surface area contributed by atoms with E-state index in [1.165, 1.54) is 2.33 Å². The number of hydrogen-bond acceptors (Lipinski definition) is 0. The topological polar surface area (TPSA) is 0 Å². The van der Waals surface area contributed by atoms with E-state index >= 15 is 0 Å². The predicted molar refractivity (Wildman–Crippen MR) is 42.2 cm³/mol. The van der Waals surface area contributed by atoms with Crippen LogP contribution < -0.4 is 0 Å². The van der Waals surface area contributed by atoms with E-state index in [0.29, 0.717) is 0 Å². The molecule has 10 saturated heterocycles. The molecule has 10 aliphatic rings. The van der Waals surface area contributed by atoms with Gasteiger partial charge in [0.2, 0.25) is 0 Å². The molecule has 2 heteroatoms. The summed E-state index contributed by atoms with van der Waals surface area (Å²) in [4.78, 5) is 14.2. The molecule has 10 fully saturated rings. The van der Waals surface area contributed by atoms with E-state index in [9.17, 15) is 0 Å². The number of hydrogen-bond donors (Lipinski definition) is 0. The van der Waals surface area contributed by atoms with E-state index in [-0.39, 0.29) is 0 Å². The van der Waals surface area contributed by atoms with Crippen molar-refractivity contribution in [3.8, 4) is 0 Å². The standard InChI is InChI=1S/C5H5.C5H4.Fe.Sn/c2*1-2-4-5-3-1;;/h1-5H;1-4H;;. The Morgan fingerprint density at radius 1 is 0.750 bits per heavy atom. The van der Waals surface area contributed by atoms with Crippen molar-refractivity contribution in [1.29, 1.82) is 0 Å². The maximum atomic E-state index is 2.09. The molecule has 1 spiro atoms. The third kappa shape index (κ3) is 0.0262. The van der Waals surface area contributed by atoms with Gasteiger partial charge in [-0.2, -0.15) is 0 Å². The molecule has 3 radical (unpaired) electrons. The summed E-state index contributed by atoms with van der Waals surface area (Å²) in [6.07, 6.45) is 0. The average molecular weight is 304 g/mol. The van der Waals surface area contributed by atoms with Gasteiger partial charge in [0.1, 0.15) is 0 Å². The molecule has 0 amide bonds. The summed E-state index contributed by atoms with van der Waals surface area (Å²) in [6.45, 7) is -2.41. The Morgan fingerprint density at radius 2 is 1.17 bits per heavy atom.